The zero-order chi connectivity index (χ0) is 19.4. The van der Waals surface area contributed by atoms with Crippen LogP contribution in [0.1, 0.15) is 40.0 Å². The number of carbonyl (C=O) groups is 1. The highest BCUT2D eigenvalue weighted by Crippen LogP contribution is 2.24. The molecule has 1 aromatic carbocycles. The molecule has 2 N–H and O–H groups in total. The summed E-state index contributed by atoms with van der Waals surface area (Å²) < 4.78 is 5.58. The molecule has 1 atom stereocenters. The molecular weight excluding hydrogens is 342 g/mol. The second kappa shape index (κ2) is 7.98. The number of rotatable bonds is 4. The predicted octanol–water partition coefficient (Wildman–Crippen LogP) is 3.87. The summed E-state index contributed by atoms with van der Waals surface area (Å²) in [5.74, 6) is 1.40. The normalized spacial score (nSPS) is 17.6. The van der Waals surface area contributed by atoms with Crippen LogP contribution in [0.2, 0.25) is 0 Å². The Morgan fingerprint density at radius 1 is 1.19 bits per heavy atom. The Labute approximate surface area is 160 Å². The summed E-state index contributed by atoms with van der Waals surface area (Å²) >= 11 is 0. The zero-order valence-electron chi connectivity index (χ0n) is 16.6. The maximum absolute atomic E-state index is 12.6. The Morgan fingerprint density at radius 2 is 1.85 bits per heavy atom. The first-order valence-corrected chi connectivity index (χ1v) is 9.55. The molecule has 2 aromatic rings. The number of carbonyl (C=O) groups excluding carboxylic acids is 1. The maximum atomic E-state index is 12.6. The first-order valence-electron chi connectivity index (χ1n) is 9.55. The van der Waals surface area contributed by atoms with E-state index in [-0.39, 0.29) is 12.1 Å². The number of fused-ring (bicyclic) bond motifs is 1. The molecule has 146 valence electrons. The van der Waals surface area contributed by atoms with Gasteiger partial charge in [-0.25, -0.2) is 14.8 Å². The van der Waals surface area contributed by atoms with Crippen molar-refractivity contribution < 1.29 is 9.53 Å². The van der Waals surface area contributed by atoms with Crippen molar-refractivity contribution >= 4 is 28.8 Å². The van der Waals surface area contributed by atoms with Crippen molar-refractivity contribution in [3.05, 3.63) is 24.3 Å². The fourth-order valence-corrected chi connectivity index (χ4v) is 3.29. The van der Waals surface area contributed by atoms with Crippen LogP contribution >= 0.6 is 0 Å². The number of hydrogen-bond acceptors (Lipinski definition) is 6. The average molecular weight is 371 g/mol. The van der Waals surface area contributed by atoms with Crippen LogP contribution in [0.5, 0.6) is 0 Å². The maximum Gasteiger partial charge on any atom is 0.410 e. The molecule has 1 aliphatic rings. The third-order valence-electron chi connectivity index (χ3n) is 4.57. The Hall–Kier alpha value is -2.57. The number of para-hydroxylation sites is 2. The van der Waals surface area contributed by atoms with E-state index in [4.69, 9.17) is 4.74 Å². The lowest BCUT2D eigenvalue weighted by Crippen LogP contribution is -2.49. The van der Waals surface area contributed by atoms with Gasteiger partial charge < -0.3 is 20.3 Å². The van der Waals surface area contributed by atoms with Gasteiger partial charge in [-0.05, 0) is 52.2 Å². The quantitative estimate of drug-likeness (QED) is 0.849. The Kier molecular flexibility index (Phi) is 5.68. The number of aromatic nitrogens is 2. The average Bonchev–Trinajstić information content (AvgIpc) is 2.64. The van der Waals surface area contributed by atoms with Crippen LogP contribution in [0.3, 0.4) is 0 Å². The van der Waals surface area contributed by atoms with E-state index in [1.54, 1.807) is 0 Å². The van der Waals surface area contributed by atoms with E-state index in [2.05, 4.69) is 20.6 Å². The molecule has 3 rings (SSSR count). The molecule has 0 spiro atoms. The van der Waals surface area contributed by atoms with Gasteiger partial charge >= 0.3 is 6.09 Å². The van der Waals surface area contributed by atoms with Crippen LogP contribution in [-0.2, 0) is 4.74 Å². The molecule has 1 saturated heterocycles. The van der Waals surface area contributed by atoms with Crippen LogP contribution in [0.4, 0.5) is 16.4 Å². The summed E-state index contributed by atoms with van der Waals surface area (Å²) in [5.41, 5.74) is 1.20. The van der Waals surface area contributed by atoms with E-state index in [9.17, 15) is 4.79 Å². The molecule has 0 saturated carbocycles. The van der Waals surface area contributed by atoms with Gasteiger partial charge in [-0.1, -0.05) is 12.1 Å². The number of amides is 1. The number of likely N-dealkylation sites (tertiary alicyclic amines) is 1. The van der Waals surface area contributed by atoms with Crippen LogP contribution in [-0.4, -0.2) is 52.7 Å². The molecule has 27 heavy (non-hydrogen) atoms. The number of anilines is 2. The van der Waals surface area contributed by atoms with Crippen molar-refractivity contribution in [1.29, 1.82) is 0 Å². The van der Waals surface area contributed by atoms with Gasteiger partial charge in [0.1, 0.15) is 5.60 Å². The summed E-state index contributed by atoms with van der Waals surface area (Å²) in [4.78, 5) is 23.7. The van der Waals surface area contributed by atoms with Crippen molar-refractivity contribution in [1.82, 2.24) is 14.9 Å². The van der Waals surface area contributed by atoms with E-state index in [1.807, 2.05) is 57.0 Å². The number of piperidine rings is 1. The van der Waals surface area contributed by atoms with Gasteiger partial charge in [-0.15, -0.1) is 0 Å². The number of hydrogen-bond donors (Lipinski definition) is 2. The van der Waals surface area contributed by atoms with Gasteiger partial charge in [0.05, 0.1) is 17.1 Å². The SMILES string of the molecule is CNc1nc2ccccc2nc1NCC1CCCCN1C(=O)OC(C)(C)C. The molecule has 2 heterocycles. The minimum Gasteiger partial charge on any atom is -0.444 e. The summed E-state index contributed by atoms with van der Waals surface area (Å²) in [6.07, 6.45) is 2.82. The summed E-state index contributed by atoms with van der Waals surface area (Å²) in [7, 11) is 1.83. The van der Waals surface area contributed by atoms with Crippen LogP contribution < -0.4 is 10.6 Å². The third-order valence-corrected chi connectivity index (χ3v) is 4.57. The summed E-state index contributed by atoms with van der Waals surface area (Å²) in [5, 5.41) is 6.49. The Bertz CT molecular complexity index is 803. The second-order valence-electron chi connectivity index (χ2n) is 7.86. The van der Waals surface area contributed by atoms with Gasteiger partial charge in [-0.2, -0.15) is 0 Å². The molecule has 1 fully saturated rings. The van der Waals surface area contributed by atoms with Gasteiger partial charge in [-0.3, -0.25) is 0 Å². The first-order chi connectivity index (χ1) is 12.9. The number of nitrogens with one attached hydrogen (secondary N) is 2. The topological polar surface area (TPSA) is 79.4 Å². The van der Waals surface area contributed by atoms with Gasteiger partial charge in [0.25, 0.3) is 0 Å². The molecule has 0 bridgehead atoms. The van der Waals surface area contributed by atoms with Gasteiger partial charge in [0.2, 0.25) is 0 Å². The lowest BCUT2D eigenvalue weighted by molar-refractivity contribution is 0.0114. The Balaban J connectivity index is 1.74. The van der Waals surface area contributed by atoms with E-state index < -0.39 is 5.60 Å². The highest BCUT2D eigenvalue weighted by molar-refractivity contribution is 5.80. The van der Waals surface area contributed by atoms with Crippen molar-refractivity contribution in [3.63, 3.8) is 0 Å². The van der Waals surface area contributed by atoms with E-state index in [1.165, 1.54) is 0 Å². The van der Waals surface area contributed by atoms with Crippen LogP contribution in [0, 0.1) is 0 Å². The molecule has 7 heteroatoms. The lowest BCUT2D eigenvalue weighted by atomic mass is 10.0. The van der Waals surface area contributed by atoms with E-state index >= 15 is 0 Å². The van der Waals surface area contributed by atoms with Crippen LogP contribution in [0.25, 0.3) is 11.0 Å². The Morgan fingerprint density at radius 3 is 2.48 bits per heavy atom. The molecule has 0 aliphatic carbocycles. The molecule has 7 nitrogen and oxygen atoms in total. The molecule has 1 unspecified atom stereocenters. The van der Waals surface area contributed by atoms with Crippen molar-refractivity contribution in [2.75, 3.05) is 30.8 Å². The predicted molar refractivity (Wildman–Crippen MR) is 108 cm³/mol. The zero-order valence-corrected chi connectivity index (χ0v) is 16.6. The van der Waals surface area contributed by atoms with Crippen LogP contribution in [0.15, 0.2) is 24.3 Å². The van der Waals surface area contributed by atoms with E-state index in [0.29, 0.717) is 18.2 Å². The molecular formula is C20H29N5O2. The highest BCUT2D eigenvalue weighted by atomic mass is 16.6. The number of nitrogens with zero attached hydrogens (tertiary/aromatic N) is 3. The smallest absolute Gasteiger partial charge is 0.410 e. The van der Waals surface area contributed by atoms with Crippen molar-refractivity contribution in [2.24, 2.45) is 0 Å². The standard InChI is InChI=1S/C20H29N5O2/c1-20(2,3)27-19(26)25-12-8-7-9-14(25)13-22-18-17(21-4)23-15-10-5-6-11-16(15)24-18/h5-6,10-11,14H,7-9,12-13H2,1-4H3,(H,21,23)(H,22,24). The summed E-state index contributed by atoms with van der Waals surface area (Å²) in [6.45, 7) is 7.02. The third kappa shape index (κ3) is 4.78. The fraction of sp³-hybridized carbons (Fsp3) is 0.550. The second-order valence-corrected chi connectivity index (χ2v) is 7.86. The molecule has 1 aliphatic heterocycles. The minimum atomic E-state index is -0.490. The fourth-order valence-electron chi connectivity index (χ4n) is 3.29. The lowest BCUT2D eigenvalue weighted by Gasteiger charge is -2.37. The van der Waals surface area contributed by atoms with Crippen molar-refractivity contribution in [3.8, 4) is 0 Å². The van der Waals surface area contributed by atoms with Crippen molar-refractivity contribution in [2.45, 2.75) is 51.7 Å². The van der Waals surface area contributed by atoms with Gasteiger partial charge in [0, 0.05) is 20.1 Å². The first kappa shape index (κ1) is 19.2. The molecule has 0 radical (unpaired) electrons. The van der Waals surface area contributed by atoms with Gasteiger partial charge in [0.15, 0.2) is 11.6 Å². The molecule has 1 aromatic heterocycles. The largest absolute Gasteiger partial charge is 0.444 e. The number of benzene rings is 1. The molecule has 1 amide bonds. The monoisotopic (exact) mass is 371 g/mol. The number of ether oxygens (including phenoxy) is 1. The minimum absolute atomic E-state index is 0.0755. The summed E-state index contributed by atoms with van der Waals surface area (Å²) in [6, 6.07) is 7.86. The highest BCUT2D eigenvalue weighted by Gasteiger charge is 2.30. The van der Waals surface area contributed by atoms with E-state index in [0.717, 1.165) is 36.8 Å².